The van der Waals surface area contributed by atoms with E-state index in [1.54, 1.807) is 0 Å². The van der Waals surface area contributed by atoms with E-state index in [2.05, 4.69) is 17.2 Å². The molecule has 118 valence electrons. The average Bonchev–Trinajstić information content (AvgIpc) is 2.95. The van der Waals surface area contributed by atoms with Gasteiger partial charge in [-0.05, 0) is 25.7 Å². The van der Waals surface area contributed by atoms with E-state index in [1.165, 1.54) is 25.7 Å². The summed E-state index contributed by atoms with van der Waals surface area (Å²) in [5, 5.41) is 3.14. The van der Waals surface area contributed by atoms with E-state index in [9.17, 15) is 0 Å². The van der Waals surface area contributed by atoms with Crippen molar-refractivity contribution in [2.24, 2.45) is 10.7 Å². The first-order chi connectivity index (χ1) is 9.83. The van der Waals surface area contributed by atoms with Gasteiger partial charge in [0.2, 0.25) is 0 Å². The summed E-state index contributed by atoms with van der Waals surface area (Å²) in [7, 11) is 0. The molecule has 5 heteroatoms. The summed E-state index contributed by atoms with van der Waals surface area (Å²) >= 11 is 0. The minimum Gasteiger partial charge on any atom is -0.379 e. The average molecular weight is 285 g/mol. The Kier molecular flexibility index (Phi) is 10.3. The fraction of sp³-hybridized carbons (Fsp3) is 0.933. The summed E-state index contributed by atoms with van der Waals surface area (Å²) < 4.78 is 11.1. The number of hydrogen-bond acceptors (Lipinski definition) is 3. The van der Waals surface area contributed by atoms with Gasteiger partial charge in [-0.3, -0.25) is 4.99 Å². The molecule has 1 heterocycles. The first-order valence-electron chi connectivity index (χ1n) is 8.06. The van der Waals surface area contributed by atoms with E-state index >= 15 is 0 Å². The number of rotatable bonds is 11. The smallest absolute Gasteiger partial charge is 0.188 e. The van der Waals surface area contributed by atoms with E-state index in [4.69, 9.17) is 15.2 Å². The Hall–Kier alpha value is -0.810. The third-order valence-corrected chi connectivity index (χ3v) is 3.39. The molecule has 3 N–H and O–H groups in total. The van der Waals surface area contributed by atoms with Gasteiger partial charge in [-0.1, -0.05) is 26.2 Å². The number of nitrogens with one attached hydrogen (secondary N) is 1. The standard InChI is InChI=1S/C15H31N3O2/c1-2-3-4-5-9-17-15(16)18-10-7-11-19-13-14-8-6-12-20-14/h14H,2-13H2,1H3,(H3,16,17,18). The van der Waals surface area contributed by atoms with Crippen LogP contribution >= 0.6 is 0 Å². The lowest BCUT2D eigenvalue weighted by molar-refractivity contribution is 0.0171. The Morgan fingerprint density at radius 1 is 1.35 bits per heavy atom. The summed E-state index contributed by atoms with van der Waals surface area (Å²) in [5.74, 6) is 0.556. The molecule has 0 bridgehead atoms. The van der Waals surface area contributed by atoms with Gasteiger partial charge < -0.3 is 20.5 Å². The molecule has 0 aliphatic carbocycles. The third kappa shape index (κ3) is 9.15. The predicted molar refractivity (Wildman–Crippen MR) is 83.0 cm³/mol. The lowest BCUT2D eigenvalue weighted by Crippen LogP contribution is -2.32. The first kappa shape index (κ1) is 17.2. The Morgan fingerprint density at radius 3 is 3.00 bits per heavy atom. The number of unbranched alkanes of at least 4 members (excludes halogenated alkanes) is 3. The van der Waals surface area contributed by atoms with Crippen LogP contribution in [-0.4, -0.2) is 45.0 Å². The van der Waals surface area contributed by atoms with Gasteiger partial charge in [-0.25, -0.2) is 0 Å². The molecule has 1 rings (SSSR count). The van der Waals surface area contributed by atoms with Crippen LogP contribution in [0.1, 0.15) is 51.9 Å². The molecule has 1 aliphatic rings. The molecular formula is C15H31N3O2. The molecule has 0 saturated carbocycles. The van der Waals surface area contributed by atoms with Crippen LogP contribution in [0.2, 0.25) is 0 Å². The summed E-state index contributed by atoms with van der Waals surface area (Å²) in [5.41, 5.74) is 5.78. The quantitative estimate of drug-likeness (QED) is 0.346. The second-order valence-electron chi connectivity index (χ2n) is 5.32. The Morgan fingerprint density at radius 2 is 2.25 bits per heavy atom. The summed E-state index contributed by atoms with van der Waals surface area (Å²) in [4.78, 5) is 4.28. The van der Waals surface area contributed by atoms with E-state index in [0.29, 0.717) is 12.1 Å². The maximum atomic E-state index is 5.78. The number of hydrogen-bond donors (Lipinski definition) is 2. The summed E-state index contributed by atoms with van der Waals surface area (Å²) in [6.07, 6.45) is 8.49. The molecule has 1 saturated heterocycles. The van der Waals surface area contributed by atoms with Gasteiger partial charge in [0.1, 0.15) is 0 Å². The molecule has 0 radical (unpaired) electrons. The van der Waals surface area contributed by atoms with Crippen LogP contribution in [0.3, 0.4) is 0 Å². The van der Waals surface area contributed by atoms with Crippen molar-refractivity contribution in [1.82, 2.24) is 5.32 Å². The molecule has 5 nitrogen and oxygen atoms in total. The van der Waals surface area contributed by atoms with Crippen LogP contribution in [0, 0.1) is 0 Å². The molecule has 0 spiro atoms. The molecule has 1 aliphatic heterocycles. The van der Waals surface area contributed by atoms with Crippen molar-refractivity contribution in [3.8, 4) is 0 Å². The van der Waals surface area contributed by atoms with Gasteiger partial charge in [-0.2, -0.15) is 0 Å². The fourth-order valence-corrected chi connectivity index (χ4v) is 2.18. The van der Waals surface area contributed by atoms with Crippen LogP contribution in [0.4, 0.5) is 0 Å². The number of ether oxygens (including phenoxy) is 2. The minimum atomic E-state index is 0.313. The second kappa shape index (κ2) is 12.0. The Balaban J connectivity index is 1.86. The highest BCUT2D eigenvalue weighted by Crippen LogP contribution is 2.11. The maximum Gasteiger partial charge on any atom is 0.188 e. The molecular weight excluding hydrogens is 254 g/mol. The number of nitrogens with two attached hydrogens (primary N) is 1. The van der Waals surface area contributed by atoms with Crippen LogP contribution in [0.25, 0.3) is 0 Å². The monoisotopic (exact) mass is 285 g/mol. The lowest BCUT2D eigenvalue weighted by atomic mass is 10.2. The molecule has 0 amide bonds. The van der Waals surface area contributed by atoms with Gasteiger partial charge in [-0.15, -0.1) is 0 Å². The van der Waals surface area contributed by atoms with Crippen LogP contribution < -0.4 is 11.1 Å². The highest BCUT2D eigenvalue weighted by molar-refractivity contribution is 5.77. The molecule has 0 aromatic heterocycles. The van der Waals surface area contributed by atoms with Gasteiger partial charge >= 0.3 is 0 Å². The zero-order valence-corrected chi connectivity index (χ0v) is 12.9. The van der Waals surface area contributed by atoms with E-state index in [1.807, 2.05) is 0 Å². The SMILES string of the molecule is CCCCCCNC(N)=NCCCOCC1CCCO1. The van der Waals surface area contributed by atoms with Crippen molar-refractivity contribution < 1.29 is 9.47 Å². The third-order valence-electron chi connectivity index (χ3n) is 3.39. The molecule has 20 heavy (non-hydrogen) atoms. The highest BCUT2D eigenvalue weighted by atomic mass is 16.5. The van der Waals surface area contributed by atoms with Crippen molar-refractivity contribution in [3.05, 3.63) is 0 Å². The van der Waals surface area contributed by atoms with Gasteiger partial charge in [0, 0.05) is 26.3 Å². The van der Waals surface area contributed by atoms with E-state index < -0.39 is 0 Å². The van der Waals surface area contributed by atoms with Crippen molar-refractivity contribution >= 4 is 5.96 Å². The largest absolute Gasteiger partial charge is 0.379 e. The Labute approximate surface area is 123 Å². The molecule has 0 aromatic rings. The molecule has 1 unspecified atom stereocenters. The number of nitrogens with zero attached hydrogens (tertiary/aromatic N) is 1. The topological polar surface area (TPSA) is 68.9 Å². The van der Waals surface area contributed by atoms with Gasteiger partial charge in [0.25, 0.3) is 0 Å². The highest BCUT2D eigenvalue weighted by Gasteiger charge is 2.14. The second-order valence-corrected chi connectivity index (χ2v) is 5.32. The van der Waals surface area contributed by atoms with Gasteiger partial charge in [0.05, 0.1) is 12.7 Å². The first-order valence-corrected chi connectivity index (χ1v) is 8.06. The predicted octanol–water partition coefficient (Wildman–Crippen LogP) is 2.06. The molecule has 1 atom stereocenters. The summed E-state index contributed by atoms with van der Waals surface area (Å²) in [6.45, 7) is 6.19. The van der Waals surface area contributed by atoms with Crippen molar-refractivity contribution in [2.75, 3.05) is 32.9 Å². The van der Waals surface area contributed by atoms with E-state index in [0.717, 1.165) is 52.2 Å². The summed E-state index contributed by atoms with van der Waals surface area (Å²) in [6, 6.07) is 0. The van der Waals surface area contributed by atoms with E-state index in [-0.39, 0.29) is 0 Å². The lowest BCUT2D eigenvalue weighted by Gasteiger charge is -2.09. The Bertz CT molecular complexity index is 254. The maximum absolute atomic E-state index is 5.78. The zero-order chi connectivity index (χ0) is 14.5. The minimum absolute atomic E-state index is 0.313. The zero-order valence-electron chi connectivity index (χ0n) is 12.9. The van der Waals surface area contributed by atoms with Crippen molar-refractivity contribution in [1.29, 1.82) is 0 Å². The van der Waals surface area contributed by atoms with Crippen molar-refractivity contribution in [3.63, 3.8) is 0 Å². The van der Waals surface area contributed by atoms with Gasteiger partial charge in [0.15, 0.2) is 5.96 Å². The fourth-order valence-electron chi connectivity index (χ4n) is 2.18. The van der Waals surface area contributed by atoms with Crippen LogP contribution in [-0.2, 0) is 9.47 Å². The van der Waals surface area contributed by atoms with Crippen LogP contribution in [0.15, 0.2) is 4.99 Å². The molecule has 0 aromatic carbocycles. The number of aliphatic imine (C=N–C) groups is 1. The molecule has 1 fully saturated rings. The normalized spacial score (nSPS) is 19.4. The van der Waals surface area contributed by atoms with Crippen molar-refractivity contribution in [2.45, 2.75) is 58.0 Å². The number of guanidine groups is 1. The van der Waals surface area contributed by atoms with Crippen LogP contribution in [0.5, 0.6) is 0 Å².